The molecule has 15 heavy (non-hydrogen) atoms. The van der Waals surface area contributed by atoms with E-state index < -0.39 is 0 Å². The molecule has 3 heterocycles. The van der Waals surface area contributed by atoms with Gasteiger partial charge in [0, 0.05) is 12.2 Å². The van der Waals surface area contributed by atoms with Crippen LogP contribution in [-0.4, -0.2) is 33.9 Å². The Bertz CT molecular complexity index is 481. The van der Waals surface area contributed by atoms with Crippen LogP contribution in [0.25, 0.3) is 5.65 Å². The maximum atomic E-state index is 5.96. The number of hydrogen-bond acceptors (Lipinski definition) is 4. The highest BCUT2D eigenvalue weighted by molar-refractivity contribution is 5.38. The molecule has 5 nitrogen and oxygen atoms in total. The van der Waals surface area contributed by atoms with Gasteiger partial charge in [0.05, 0.1) is 19.1 Å². The van der Waals surface area contributed by atoms with Crippen molar-refractivity contribution < 1.29 is 4.74 Å². The van der Waals surface area contributed by atoms with Gasteiger partial charge in [-0.05, 0) is 12.1 Å². The van der Waals surface area contributed by atoms with Crippen molar-refractivity contribution in [2.75, 3.05) is 13.2 Å². The number of rotatable bonds is 1. The molecule has 1 fully saturated rings. The molecule has 1 saturated heterocycles. The third-order valence-corrected chi connectivity index (χ3v) is 2.80. The topological polar surface area (TPSA) is 65.4 Å². The van der Waals surface area contributed by atoms with Gasteiger partial charge in [0.15, 0.2) is 5.65 Å². The van der Waals surface area contributed by atoms with Crippen LogP contribution < -0.4 is 5.73 Å². The minimum Gasteiger partial charge on any atom is -0.379 e. The van der Waals surface area contributed by atoms with E-state index in [0.717, 1.165) is 11.5 Å². The fraction of sp³-hybridized carbons (Fsp3) is 0.400. The average molecular weight is 204 g/mol. The van der Waals surface area contributed by atoms with Crippen LogP contribution in [0.4, 0.5) is 0 Å². The molecule has 78 valence electrons. The zero-order valence-electron chi connectivity index (χ0n) is 8.21. The van der Waals surface area contributed by atoms with Gasteiger partial charge in [-0.25, -0.2) is 0 Å². The van der Waals surface area contributed by atoms with E-state index in [1.807, 2.05) is 28.8 Å². The van der Waals surface area contributed by atoms with Gasteiger partial charge in [0.2, 0.25) is 0 Å². The molecule has 1 aliphatic rings. The molecule has 0 radical (unpaired) electrons. The van der Waals surface area contributed by atoms with E-state index in [-0.39, 0.29) is 12.0 Å². The second-order valence-electron chi connectivity index (χ2n) is 3.79. The first-order valence-electron chi connectivity index (χ1n) is 4.99. The zero-order chi connectivity index (χ0) is 10.3. The Morgan fingerprint density at radius 1 is 1.33 bits per heavy atom. The summed E-state index contributed by atoms with van der Waals surface area (Å²) in [5.41, 5.74) is 6.81. The Balaban J connectivity index is 2.10. The maximum Gasteiger partial charge on any atom is 0.160 e. The van der Waals surface area contributed by atoms with E-state index in [0.29, 0.717) is 13.2 Å². The first kappa shape index (κ1) is 8.82. The first-order chi connectivity index (χ1) is 7.36. The van der Waals surface area contributed by atoms with Gasteiger partial charge in [0.25, 0.3) is 0 Å². The summed E-state index contributed by atoms with van der Waals surface area (Å²) in [6.45, 7) is 1.24. The Morgan fingerprint density at radius 3 is 3.07 bits per heavy atom. The molecule has 2 unspecified atom stereocenters. The van der Waals surface area contributed by atoms with Crippen LogP contribution in [-0.2, 0) is 4.74 Å². The molecule has 2 N–H and O–H groups in total. The van der Waals surface area contributed by atoms with Crippen LogP contribution in [0.5, 0.6) is 0 Å². The molecular formula is C10H12N4O. The fourth-order valence-electron chi connectivity index (χ4n) is 1.95. The Morgan fingerprint density at radius 2 is 2.27 bits per heavy atom. The molecule has 5 heteroatoms. The van der Waals surface area contributed by atoms with E-state index in [2.05, 4.69) is 10.2 Å². The highest BCUT2D eigenvalue weighted by Gasteiger charge is 2.30. The van der Waals surface area contributed by atoms with E-state index in [1.165, 1.54) is 0 Å². The summed E-state index contributed by atoms with van der Waals surface area (Å²) >= 11 is 0. The minimum atomic E-state index is 0.0256. The monoisotopic (exact) mass is 204 g/mol. The van der Waals surface area contributed by atoms with Crippen LogP contribution in [0.3, 0.4) is 0 Å². The van der Waals surface area contributed by atoms with Crippen LogP contribution in [0.1, 0.15) is 11.7 Å². The number of nitrogens with zero attached hydrogens (tertiary/aromatic N) is 3. The molecule has 2 aromatic heterocycles. The third kappa shape index (κ3) is 1.32. The van der Waals surface area contributed by atoms with Crippen molar-refractivity contribution in [2.24, 2.45) is 5.73 Å². The molecule has 1 aliphatic heterocycles. The molecular weight excluding hydrogens is 192 g/mol. The summed E-state index contributed by atoms with van der Waals surface area (Å²) in [7, 11) is 0. The summed E-state index contributed by atoms with van der Waals surface area (Å²) in [5, 5.41) is 8.28. The average Bonchev–Trinajstić information content (AvgIpc) is 2.83. The fourth-order valence-corrected chi connectivity index (χ4v) is 1.95. The quantitative estimate of drug-likeness (QED) is 0.719. The normalized spacial score (nSPS) is 26.2. The highest BCUT2D eigenvalue weighted by Crippen LogP contribution is 2.23. The lowest BCUT2D eigenvalue weighted by Crippen LogP contribution is -2.28. The lowest BCUT2D eigenvalue weighted by atomic mass is 10.0. The summed E-state index contributed by atoms with van der Waals surface area (Å²) < 4.78 is 7.31. The van der Waals surface area contributed by atoms with Gasteiger partial charge in [-0.3, -0.25) is 4.40 Å². The van der Waals surface area contributed by atoms with Gasteiger partial charge in [0.1, 0.15) is 5.82 Å². The molecule has 0 amide bonds. The molecule has 3 rings (SSSR count). The predicted octanol–water partition coefficient (Wildman–Crippen LogP) is 0.170. The number of aromatic nitrogens is 3. The molecule has 0 aromatic carbocycles. The van der Waals surface area contributed by atoms with E-state index in [9.17, 15) is 0 Å². The van der Waals surface area contributed by atoms with Crippen molar-refractivity contribution in [2.45, 2.75) is 12.0 Å². The lowest BCUT2D eigenvalue weighted by Gasteiger charge is -2.10. The van der Waals surface area contributed by atoms with Crippen molar-refractivity contribution in [3.05, 3.63) is 30.2 Å². The number of nitrogens with two attached hydrogens (primary N) is 1. The second kappa shape index (κ2) is 3.29. The van der Waals surface area contributed by atoms with E-state index >= 15 is 0 Å². The van der Waals surface area contributed by atoms with Gasteiger partial charge in [-0.1, -0.05) is 6.07 Å². The number of ether oxygens (including phenoxy) is 1. The Hall–Kier alpha value is -1.46. The summed E-state index contributed by atoms with van der Waals surface area (Å²) in [6.07, 6.45) is 1.95. The van der Waals surface area contributed by atoms with Crippen molar-refractivity contribution >= 4 is 5.65 Å². The zero-order valence-corrected chi connectivity index (χ0v) is 8.21. The third-order valence-electron chi connectivity index (χ3n) is 2.80. The van der Waals surface area contributed by atoms with Gasteiger partial charge >= 0.3 is 0 Å². The summed E-state index contributed by atoms with van der Waals surface area (Å²) in [5.74, 6) is 1.05. The van der Waals surface area contributed by atoms with Crippen LogP contribution in [0.2, 0.25) is 0 Å². The summed E-state index contributed by atoms with van der Waals surface area (Å²) in [6, 6.07) is 5.86. The molecule has 0 spiro atoms. The van der Waals surface area contributed by atoms with Crippen molar-refractivity contribution in [3.8, 4) is 0 Å². The molecule has 0 aliphatic carbocycles. The predicted molar refractivity (Wildman–Crippen MR) is 54.5 cm³/mol. The van der Waals surface area contributed by atoms with Crippen LogP contribution in [0.15, 0.2) is 24.4 Å². The van der Waals surface area contributed by atoms with E-state index in [4.69, 9.17) is 10.5 Å². The largest absolute Gasteiger partial charge is 0.379 e. The maximum absolute atomic E-state index is 5.96. The number of fused-ring (bicyclic) bond motifs is 1. The second-order valence-corrected chi connectivity index (χ2v) is 3.79. The molecule has 0 saturated carbocycles. The van der Waals surface area contributed by atoms with Crippen molar-refractivity contribution in [1.29, 1.82) is 0 Å². The molecule has 0 bridgehead atoms. The number of hydrogen-bond donors (Lipinski definition) is 1. The van der Waals surface area contributed by atoms with Crippen LogP contribution >= 0.6 is 0 Å². The van der Waals surface area contributed by atoms with Crippen molar-refractivity contribution in [1.82, 2.24) is 14.6 Å². The lowest BCUT2D eigenvalue weighted by molar-refractivity contribution is 0.190. The smallest absolute Gasteiger partial charge is 0.160 e. The Kier molecular flexibility index (Phi) is 1.93. The summed E-state index contributed by atoms with van der Waals surface area (Å²) in [4.78, 5) is 0. The highest BCUT2D eigenvalue weighted by atomic mass is 16.5. The van der Waals surface area contributed by atoms with E-state index in [1.54, 1.807) is 0 Å². The van der Waals surface area contributed by atoms with Gasteiger partial charge in [-0.2, -0.15) is 0 Å². The molecule has 2 atom stereocenters. The SMILES string of the molecule is NC1COCC1c1nnc2ccccn12. The van der Waals surface area contributed by atoms with Gasteiger partial charge < -0.3 is 10.5 Å². The van der Waals surface area contributed by atoms with Crippen molar-refractivity contribution in [3.63, 3.8) is 0 Å². The van der Waals surface area contributed by atoms with Gasteiger partial charge in [-0.15, -0.1) is 10.2 Å². The molecule has 2 aromatic rings. The van der Waals surface area contributed by atoms with Crippen LogP contribution in [0, 0.1) is 0 Å². The minimum absolute atomic E-state index is 0.0256. The standard InChI is InChI=1S/C10H12N4O/c11-8-6-15-5-7(8)10-13-12-9-3-1-2-4-14(9)10/h1-4,7-8H,5-6,11H2. The Labute approximate surface area is 86.9 Å². The first-order valence-corrected chi connectivity index (χ1v) is 4.99. The number of pyridine rings is 1.